The number of nitrogens with one attached hydrogen (secondary N) is 1. The molecule has 1 amide bonds. The Morgan fingerprint density at radius 2 is 1.90 bits per heavy atom. The normalized spacial score (nSPS) is 10.4. The Hall–Kier alpha value is -1.85. The molecule has 0 saturated heterocycles. The summed E-state index contributed by atoms with van der Waals surface area (Å²) in [6.07, 6.45) is 0. The van der Waals surface area contributed by atoms with Crippen molar-refractivity contribution in [1.82, 2.24) is 5.32 Å². The Bertz CT molecular complexity index is 619. The van der Waals surface area contributed by atoms with Crippen molar-refractivity contribution >= 4 is 17.7 Å². The summed E-state index contributed by atoms with van der Waals surface area (Å²) in [5.74, 6) is -0.302. The lowest BCUT2D eigenvalue weighted by molar-refractivity contribution is -0.118. The van der Waals surface area contributed by atoms with Crippen LogP contribution in [0.3, 0.4) is 0 Å². The molecule has 0 saturated carbocycles. The topological polar surface area (TPSA) is 49.3 Å². The maximum atomic E-state index is 13.4. The molecule has 0 fully saturated rings. The van der Waals surface area contributed by atoms with Crippen LogP contribution in [0.1, 0.15) is 11.1 Å². The number of hydrogen-bond acceptors (Lipinski definition) is 3. The van der Waals surface area contributed by atoms with Crippen molar-refractivity contribution in [3.05, 3.63) is 65.5 Å². The summed E-state index contributed by atoms with van der Waals surface area (Å²) in [5.41, 5.74) is 1.73. The van der Waals surface area contributed by atoms with E-state index in [-0.39, 0.29) is 24.1 Å². The Labute approximate surface area is 127 Å². The van der Waals surface area contributed by atoms with E-state index in [2.05, 4.69) is 5.32 Å². The van der Waals surface area contributed by atoms with Gasteiger partial charge < -0.3 is 10.4 Å². The van der Waals surface area contributed by atoms with E-state index in [0.29, 0.717) is 11.4 Å². The molecule has 0 aliphatic rings. The first kappa shape index (κ1) is 15.5. The number of thioether (sulfide) groups is 1. The minimum absolute atomic E-state index is 0.0229. The molecule has 0 atom stereocenters. The maximum Gasteiger partial charge on any atom is 0.230 e. The highest BCUT2D eigenvalue weighted by Crippen LogP contribution is 2.20. The SMILES string of the molecule is O=C(CSc1ccccc1F)NCc1cccc(CO)c1. The second-order valence-electron chi connectivity index (χ2n) is 4.47. The third-order valence-corrected chi connectivity index (χ3v) is 3.91. The van der Waals surface area contributed by atoms with Gasteiger partial charge in [-0.15, -0.1) is 11.8 Å². The highest BCUT2D eigenvalue weighted by atomic mass is 32.2. The summed E-state index contributed by atoms with van der Waals surface area (Å²) >= 11 is 1.17. The highest BCUT2D eigenvalue weighted by molar-refractivity contribution is 8.00. The monoisotopic (exact) mass is 305 g/mol. The van der Waals surface area contributed by atoms with Crippen LogP contribution in [0.5, 0.6) is 0 Å². The van der Waals surface area contributed by atoms with E-state index in [1.165, 1.54) is 17.8 Å². The van der Waals surface area contributed by atoms with Crippen LogP contribution in [0.15, 0.2) is 53.4 Å². The number of aliphatic hydroxyl groups is 1. The van der Waals surface area contributed by atoms with Crippen molar-refractivity contribution in [1.29, 1.82) is 0 Å². The quantitative estimate of drug-likeness (QED) is 0.807. The summed E-state index contributed by atoms with van der Waals surface area (Å²) in [4.78, 5) is 12.2. The molecule has 2 aromatic rings. The molecule has 3 nitrogen and oxygen atoms in total. The fourth-order valence-electron chi connectivity index (χ4n) is 1.79. The Balaban J connectivity index is 1.81. The van der Waals surface area contributed by atoms with E-state index in [0.717, 1.165) is 11.1 Å². The van der Waals surface area contributed by atoms with Gasteiger partial charge in [0, 0.05) is 11.4 Å². The lowest BCUT2D eigenvalue weighted by Gasteiger charge is -2.07. The van der Waals surface area contributed by atoms with E-state index in [1.54, 1.807) is 18.2 Å². The molecule has 0 aliphatic heterocycles. The predicted molar refractivity (Wildman–Crippen MR) is 81.3 cm³/mol. The minimum atomic E-state index is -0.314. The van der Waals surface area contributed by atoms with Crippen molar-refractivity contribution in [3.63, 3.8) is 0 Å². The van der Waals surface area contributed by atoms with Crippen LogP contribution in [0.4, 0.5) is 4.39 Å². The molecular weight excluding hydrogens is 289 g/mol. The first-order chi connectivity index (χ1) is 10.2. The summed E-state index contributed by atoms with van der Waals surface area (Å²) in [6, 6.07) is 13.8. The molecule has 2 aromatic carbocycles. The Kier molecular flexibility index (Phi) is 5.78. The second-order valence-corrected chi connectivity index (χ2v) is 5.49. The van der Waals surface area contributed by atoms with Gasteiger partial charge in [0.15, 0.2) is 0 Å². The smallest absolute Gasteiger partial charge is 0.230 e. The zero-order chi connectivity index (χ0) is 15.1. The van der Waals surface area contributed by atoms with E-state index in [9.17, 15) is 9.18 Å². The van der Waals surface area contributed by atoms with Crippen molar-refractivity contribution in [2.24, 2.45) is 0 Å². The van der Waals surface area contributed by atoms with Gasteiger partial charge >= 0.3 is 0 Å². The first-order valence-corrected chi connectivity index (χ1v) is 7.50. The van der Waals surface area contributed by atoms with E-state index < -0.39 is 0 Å². The molecule has 0 unspecified atom stereocenters. The number of carbonyl (C=O) groups excluding carboxylic acids is 1. The number of hydrogen-bond donors (Lipinski definition) is 2. The van der Waals surface area contributed by atoms with Crippen molar-refractivity contribution in [2.45, 2.75) is 18.0 Å². The molecular formula is C16H16FNO2S. The fourth-order valence-corrected chi connectivity index (χ4v) is 2.56. The van der Waals surface area contributed by atoms with Gasteiger partial charge in [-0.25, -0.2) is 4.39 Å². The van der Waals surface area contributed by atoms with E-state index in [4.69, 9.17) is 5.11 Å². The third kappa shape index (κ3) is 4.88. The molecule has 0 heterocycles. The predicted octanol–water partition coefficient (Wildman–Crippen LogP) is 2.73. The highest BCUT2D eigenvalue weighted by Gasteiger charge is 2.06. The molecule has 0 spiro atoms. The Morgan fingerprint density at radius 1 is 1.14 bits per heavy atom. The largest absolute Gasteiger partial charge is 0.392 e. The summed E-state index contributed by atoms with van der Waals surface area (Å²) in [7, 11) is 0. The van der Waals surface area contributed by atoms with Gasteiger partial charge in [-0.1, -0.05) is 36.4 Å². The lowest BCUT2D eigenvalue weighted by atomic mass is 10.1. The van der Waals surface area contributed by atoms with E-state index >= 15 is 0 Å². The van der Waals surface area contributed by atoms with Crippen LogP contribution in [-0.4, -0.2) is 16.8 Å². The molecule has 2 N–H and O–H groups in total. The van der Waals surface area contributed by atoms with Crippen LogP contribution in [0, 0.1) is 5.82 Å². The van der Waals surface area contributed by atoms with Crippen molar-refractivity contribution < 1.29 is 14.3 Å². The van der Waals surface area contributed by atoms with Crippen molar-refractivity contribution in [2.75, 3.05) is 5.75 Å². The van der Waals surface area contributed by atoms with Crippen LogP contribution < -0.4 is 5.32 Å². The number of halogens is 1. The number of aliphatic hydroxyl groups excluding tert-OH is 1. The summed E-state index contributed by atoms with van der Waals surface area (Å²) < 4.78 is 13.4. The fraction of sp³-hybridized carbons (Fsp3) is 0.188. The van der Waals surface area contributed by atoms with Gasteiger partial charge in [0.25, 0.3) is 0 Å². The van der Waals surface area contributed by atoms with E-state index in [1.807, 2.05) is 24.3 Å². The van der Waals surface area contributed by atoms with Crippen LogP contribution >= 0.6 is 11.8 Å². The summed E-state index contributed by atoms with van der Waals surface area (Å²) in [6.45, 7) is 0.370. The number of amides is 1. The van der Waals surface area contributed by atoms with Gasteiger partial charge in [-0.05, 0) is 23.3 Å². The second kappa shape index (κ2) is 7.81. The lowest BCUT2D eigenvalue weighted by Crippen LogP contribution is -2.24. The maximum absolute atomic E-state index is 13.4. The zero-order valence-electron chi connectivity index (χ0n) is 11.4. The first-order valence-electron chi connectivity index (χ1n) is 6.52. The Morgan fingerprint density at radius 3 is 2.67 bits per heavy atom. The van der Waals surface area contributed by atoms with Gasteiger partial charge in [0.05, 0.1) is 12.4 Å². The minimum Gasteiger partial charge on any atom is -0.392 e. The van der Waals surface area contributed by atoms with Gasteiger partial charge in [-0.3, -0.25) is 4.79 Å². The van der Waals surface area contributed by atoms with Gasteiger partial charge in [0.2, 0.25) is 5.91 Å². The molecule has 5 heteroatoms. The molecule has 2 rings (SSSR count). The third-order valence-electron chi connectivity index (χ3n) is 2.86. The number of carbonyl (C=O) groups is 1. The molecule has 0 aliphatic carbocycles. The van der Waals surface area contributed by atoms with Gasteiger partial charge in [-0.2, -0.15) is 0 Å². The van der Waals surface area contributed by atoms with Crippen LogP contribution in [0.25, 0.3) is 0 Å². The average Bonchev–Trinajstić information content (AvgIpc) is 2.52. The molecule has 110 valence electrons. The molecule has 0 radical (unpaired) electrons. The zero-order valence-corrected chi connectivity index (χ0v) is 12.2. The average molecular weight is 305 g/mol. The number of benzene rings is 2. The van der Waals surface area contributed by atoms with Crippen molar-refractivity contribution in [3.8, 4) is 0 Å². The molecule has 0 bridgehead atoms. The molecule has 21 heavy (non-hydrogen) atoms. The summed E-state index contributed by atoms with van der Waals surface area (Å²) in [5, 5.41) is 11.8. The standard InChI is InChI=1S/C16H16FNO2S/c17-14-6-1-2-7-15(14)21-11-16(20)18-9-12-4-3-5-13(8-12)10-19/h1-8,19H,9-11H2,(H,18,20). The van der Waals surface area contributed by atoms with Gasteiger partial charge in [0.1, 0.15) is 5.82 Å². The molecule has 0 aromatic heterocycles. The van der Waals surface area contributed by atoms with Crippen LogP contribution in [0.2, 0.25) is 0 Å². The number of rotatable bonds is 6. The van der Waals surface area contributed by atoms with Crippen LogP contribution in [-0.2, 0) is 17.9 Å².